The van der Waals surface area contributed by atoms with Crippen LogP contribution in [0.5, 0.6) is 11.5 Å². The van der Waals surface area contributed by atoms with Crippen LogP contribution in [0.2, 0.25) is 0 Å². The van der Waals surface area contributed by atoms with Crippen molar-refractivity contribution in [1.82, 2.24) is 9.88 Å². The maximum atomic E-state index is 12.3. The van der Waals surface area contributed by atoms with Gasteiger partial charge >= 0.3 is 0 Å². The molecule has 0 bridgehead atoms. The van der Waals surface area contributed by atoms with Crippen LogP contribution in [0, 0.1) is 17.2 Å². The Morgan fingerprint density at radius 3 is 2.91 bits per heavy atom. The third-order valence-electron chi connectivity index (χ3n) is 3.57. The molecule has 0 saturated carbocycles. The third-order valence-corrected chi connectivity index (χ3v) is 3.57. The van der Waals surface area contributed by atoms with Gasteiger partial charge in [-0.15, -0.1) is 0 Å². The van der Waals surface area contributed by atoms with Crippen LogP contribution in [-0.2, 0) is 0 Å². The molecule has 1 amide bonds. The summed E-state index contributed by atoms with van der Waals surface area (Å²) in [5.74, 6) is 0.941. The molecule has 0 aliphatic carbocycles. The van der Waals surface area contributed by atoms with Crippen molar-refractivity contribution in [2.75, 3.05) is 19.8 Å². The summed E-state index contributed by atoms with van der Waals surface area (Å²) in [5, 5.41) is 11.6. The molecule has 3 rings (SSSR count). The Hall–Kier alpha value is -2.94. The van der Waals surface area contributed by atoms with E-state index in [9.17, 15) is 4.79 Å². The lowest BCUT2D eigenvalue weighted by Crippen LogP contribution is -2.29. The molecule has 1 aromatic carbocycles. The number of hydrogen-bond acceptors (Lipinski definition) is 4. The molecule has 0 radical (unpaired) electrons. The average Bonchev–Trinajstić information content (AvgIpc) is 3.08. The SMILES string of the molecule is C[C@@H](C#N)CNC(=O)c1cccn1-c1ccc2c(c1)OCCO2. The first-order valence-corrected chi connectivity index (χ1v) is 7.44. The first kappa shape index (κ1) is 15.0. The van der Waals surface area contributed by atoms with Crippen LogP contribution >= 0.6 is 0 Å². The fourth-order valence-electron chi connectivity index (χ4n) is 2.35. The Bertz CT molecular complexity index is 761. The standard InChI is InChI=1S/C17H17N3O3/c1-12(10-18)11-19-17(21)14-3-2-6-20(14)13-4-5-15-16(9-13)23-8-7-22-15/h2-6,9,12H,7-8,11H2,1H3,(H,19,21)/t12-/m0/s1. The number of amides is 1. The zero-order valence-electron chi connectivity index (χ0n) is 12.8. The number of hydrogen-bond donors (Lipinski definition) is 1. The molecule has 118 valence electrons. The van der Waals surface area contributed by atoms with Gasteiger partial charge < -0.3 is 19.4 Å². The minimum Gasteiger partial charge on any atom is -0.486 e. The highest BCUT2D eigenvalue weighted by Crippen LogP contribution is 2.32. The van der Waals surface area contributed by atoms with Crippen LogP contribution in [0.4, 0.5) is 0 Å². The topological polar surface area (TPSA) is 76.3 Å². The monoisotopic (exact) mass is 311 g/mol. The van der Waals surface area contributed by atoms with E-state index >= 15 is 0 Å². The molecule has 1 aliphatic rings. The fourth-order valence-corrected chi connectivity index (χ4v) is 2.35. The van der Waals surface area contributed by atoms with Gasteiger partial charge in [0.15, 0.2) is 11.5 Å². The van der Waals surface area contributed by atoms with E-state index in [-0.39, 0.29) is 11.8 Å². The Labute approximate surface area is 134 Å². The normalized spacial score (nSPS) is 13.9. The molecule has 1 atom stereocenters. The Kier molecular flexibility index (Phi) is 4.20. The maximum absolute atomic E-state index is 12.3. The van der Waals surface area contributed by atoms with Gasteiger partial charge in [0.2, 0.25) is 0 Å². The number of carbonyl (C=O) groups is 1. The van der Waals surface area contributed by atoms with Crippen molar-refractivity contribution in [3.63, 3.8) is 0 Å². The highest BCUT2D eigenvalue weighted by atomic mass is 16.6. The number of benzene rings is 1. The molecule has 1 aromatic heterocycles. The van der Waals surface area contributed by atoms with Crippen LogP contribution in [0.15, 0.2) is 36.5 Å². The zero-order chi connectivity index (χ0) is 16.2. The molecule has 0 fully saturated rings. The number of carbonyl (C=O) groups excluding carboxylic acids is 1. The summed E-state index contributed by atoms with van der Waals surface area (Å²) in [6.45, 7) is 3.14. The number of fused-ring (bicyclic) bond motifs is 1. The van der Waals surface area contributed by atoms with E-state index in [2.05, 4.69) is 11.4 Å². The van der Waals surface area contributed by atoms with Crippen molar-refractivity contribution < 1.29 is 14.3 Å². The summed E-state index contributed by atoms with van der Waals surface area (Å²) >= 11 is 0. The molecule has 1 N–H and O–H groups in total. The maximum Gasteiger partial charge on any atom is 0.268 e. The fraction of sp³-hybridized carbons (Fsp3) is 0.294. The van der Waals surface area contributed by atoms with Crippen molar-refractivity contribution >= 4 is 5.91 Å². The van der Waals surface area contributed by atoms with Gasteiger partial charge in [-0.1, -0.05) is 0 Å². The predicted octanol–water partition coefficient (Wildman–Crippen LogP) is 2.14. The second-order valence-corrected chi connectivity index (χ2v) is 5.33. The van der Waals surface area contributed by atoms with Gasteiger partial charge in [0.25, 0.3) is 5.91 Å². The molecule has 1 aliphatic heterocycles. The number of nitriles is 1. The lowest BCUT2D eigenvalue weighted by molar-refractivity contribution is 0.0944. The number of ether oxygens (including phenoxy) is 2. The Morgan fingerprint density at radius 1 is 1.35 bits per heavy atom. The van der Waals surface area contributed by atoms with Crippen molar-refractivity contribution in [3.8, 4) is 23.3 Å². The van der Waals surface area contributed by atoms with E-state index in [1.165, 1.54) is 0 Å². The summed E-state index contributed by atoms with van der Waals surface area (Å²) < 4.78 is 12.9. The summed E-state index contributed by atoms with van der Waals surface area (Å²) in [5.41, 5.74) is 1.32. The molecule has 2 aromatic rings. The summed E-state index contributed by atoms with van der Waals surface area (Å²) in [7, 11) is 0. The van der Waals surface area contributed by atoms with E-state index in [0.717, 1.165) is 5.69 Å². The molecule has 0 unspecified atom stereocenters. The number of rotatable bonds is 4. The van der Waals surface area contributed by atoms with Gasteiger partial charge in [0.1, 0.15) is 18.9 Å². The van der Waals surface area contributed by atoms with Gasteiger partial charge in [-0.25, -0.2) is 0 Å². The smallest absolute Gasteiger partial charge is 0.268 e. The first-order valence-electron chi connectivity index (χ1n) is 7.44. The molecule has 0 saturated heterocycles. The molecular formula is C17H17N3O3. The lowest BCUT2D eigenvalue weighted by atomic mass is 10.2. The van der Waals surface area contributed by atoms with Crippen molar-refractivity contribution in [2.45, 2.75) is 6.92 Å². The van der Waals surface area contributed by atoms with Gasteiger partial charge in [-0.05, 0) is 31.2 Å². The molecule has 2 heterocycles. The van der Waals surface area contributed by atoms with Gasteiger partial charge in [-0.3, -0.25) is 4.79 Å². The number of nitrogens with one attached hydrogen (secondary N) is 1. The summed E-state index contributed by atoms with van der Waals surface area (Å²) in [6, 6.07) is 11.2. The largest absolute Gasteiger partial charge is 0.486 e. The van der Waals surface area contributed by atoms with E-state index in [1.807, 2.05) is 24.4 Å². The van der Waals surface area contributed by atoms with E-state index in [1.54, 1.807) is 23.6 Å². The molecule has 6 nitrogen and oxygen atoms in total. The van der Waals surface area contributed by atoms with Crippen molar-refractivity contribution in [3.05, 3.63) is 42.2 Å². The highest BCUT2D eigenvalue weighted by molar-refractivity contribution is 5.93. The highest BCUT2D eigenvalue weighted by Gasteiger charge is 2.16. The van der Waals surface area contributed by atoms with Crippen LogP contribution in [-0.4, -0.2) is 30.2 Å². The quantitative estimate of drug-likeness (QED) is 0.938. The zero-order valence-corrected chi connectivity index (χ0v) is 12.8. The first-order chi connectivity index (χ1) is 11.2. The minimum absolute atomic E-state index is 0.216. The summed E-state index contributed by atoms with van der Waals surface area (Å²) in [6.07, 6.45) is 1.81. The molecule has 0 spiro atoms. The van der Waals surface area contributed by atoms with Crippen LogP contribution < -0.4 is 14.8 Å². The minimum atomic E-state index is -0.225. The van der Waals surface area contributed by atoms with Crippen molar-refractivity contribution in [2.24, 2.45) is 5.92 Å². The summed E-state index contributed by atoms with van der Waals surface area (Å²) in [4.78, 5) is 12.3. The molecular weight excluding hydrogens is 294 g/mol. The number of nitrogens with zero attached hydrogens (tertiary/aromatic N) is 2. The predicted molar refractivity (Wildman–Crippen MR) is 83.9 cm³/mol. The van der Waals surface area contributed by atoms with E-state index < -0.39 is 0 Å². The van der Waals surface area contributed by atoms with Crippen LogP contribution in [0.1, 0.15) is 17.4 Å². The average molecular weight is 311 g/mol. The van der Waals surface area contributed by atoms with Crippen molar-refractivity contribution in [1.29, 1.82) is 5.26 Å². The van der Waals surface area contributed by atoms with Gasteiger partial charge in [-0.2, -0.15) is 5.26 Å². The Balaban J connectivity index is 1.83. The second-order valence-electron chi connectivity index (χ2n) is 5.33. The van der Waals surface area contributed by atoms with Crippen LogP contribution in [0.25, 0.3) is 5.69 Å². The van der Waals surface area contributed by atoms with Gasteiger partial charge in [0, 0.05) is 24.5 Å². The van der Waals surface area contributed by atoms with Crippen LogP contribution in [0.3, 0.4) is 0 Å². The van der Waals surface area contributed by atoms with Gasteiger partial charge in [0.05, 0.1) is 12.0 Å². The third kappa shape index (κ3) is 3.14. The number of aromatic nitrogens is 1. The molecule has 23 heavy (non-hydrogen) atoms. The lowest BCUT2D eigenvalue weighted by Gasteiger charge is -2.19. The molecule has 6 heteroatoms. The van der Waals surface area contributed by atoms with E-state index in [4.69, 9.17) is 14.7 Å². The Morgan fingerprint density at radius 2 is 2.13 bits per heavy atom. The van der Waals surface area contributed by atoms with E-state index in [0.29, 0.717) is 37.0 Å². The second kappa shape index (κ2) is 6.44.